The van der Waals surface area contributed by atoms with Crippen LogP contribution in [0.2, 0.25) is 0 Å². The smallest absolute Gasteiger partial charge is 0.350 e. The first-order valence-electron chi connectivity index (χ1n) is 15.4. The van der Waals surface area contributed by atoms with Crippen LogP contribution in [0.1, 0.15) is 37.3 Å². The van der Waals surface area contributed by atoms with E-state index in [-0.39, 0.29) is 41.0 Å². The number of hydrogen-bond acceptors (Lipinski definition) is 8. The van der Waals surface area contributed by atoms with Crippen molar-refractivity contribution in [2.45, 2.75) is 49.7 Å². The molecule has 0 radical (unpaired) electrons. The molecule has 3 atom stereocenters. The molecule has 8 rings (SSSR count). The number of ether oxygens (including phenoxy) is 2. The molecule has 2 N–H and O–H groups in total. The lowest BCUT2D eigenvalue weighted by Crippen LogP contribution is -2.58. The number of carbonyl (C=O) groups excluding carboxylic acids is 1. The Kier molecular flexibility index (Phi) is 6.63. The van der Waals surface area contributed by atoms with Gasteiger partial charge in [0, 0.05) is 60.2 Å². The molecule has 1 amide bonds. The van der Waals surface area contributed by atoms with Crippen LogP contribution >= 0.6 is 11.8 Å². The average Bonchev–Trinajstić information content (AvgIpc) is 3.37. The standard InChI is InChI=1S/C34H33F2N5O4S/c1-4-25(42)41-17(2)11-39(12-18(41)3)32-21-9-20-6-5-19-7-8-24(37)46-31-23(36)10-22(35)28(27(19)31)26(20)30-29(21)40(33(43)38-32)13-34(16-45-30)14-44-15-34/h4-6,8-10,17-19H,1,7,11-16,37H2,2-3H3/t17-,18+,19?. The normalized spacial score (nSPS) is 24.2. The second-order valence-corrected chi connectivity index (χ2v) is 14.2. The lowest BCUT2D eigenvalue weighted by molar-refractivity contribution is -0.137. The van der Waals surface area contributed by atoms with Gasteiger partial charge in [0.2, 0.25) is 5.91 Å². The Morgan fingerprint density at radius 2 is 1.91 bits per heavy atom. The summed E-state index contributed by atoms with van der Waals surface area (Å²) in [5.41, 5.74) is 7.76. The predicted molar refractivity (Wildman–Crippen MR) is 173 cm³/mol. The van der Waals surface area contributed by atoms with Crippen molar-refractivity contribution in [1.82, 2.24) is 14.5 Å². The van der Waals surface area contributed by atoms with E-state index in [2.05, 4.69) is 11.6 Å². The van der Waals surface area contributed by atoms with E-state index in [9.17, 15) is 9.59 Å². The van der Waals surface area contributed by atoms with E-state index in [1.54, 1.807) is 9.47 Å². The van der Waals surface area contributed by atoms with Crippen molar-refractivity contribution in [3.63, 3.8) is 0 Å². The summed E-state index contributed by atoms with van der Waals surface area (Å²) in [4.78, 5) is 35.4. The molecule has 9 nitrogen and oxygen atoms in total. The first kappa shape index (κ1) is 29.3. The van der Waals surface area contributed by atoms with Crippen molar-refractivity contribution >= 4 is 40.5 Å². The number of rotatable bonds is 2. The van der Waals surface area contributed by atoms with Gasteiger partial charge in [0.25, 0.3) is 0 Å². The molecule has 1 unspecified atom stereocenters. The number of hydrogen-bond donors (Lipinski definition) is 1. The largest absolute Gasteiger partial charge is 0.490 e. The quantitative estimate of drug-likeness (QED) is 0.398. The number of amides is 1. The number of carbonyl (C=O) groups is 1. The number of anilines is 1. The van der Waals surface area contributed by atoms with Crippen LogP contribution in [0.25, 0.3) is 28.1 Å². The Labute approximate surface area is 268 Å². The maximum absolute atomic E-state index is 16.2. The van der Waals surface area contributed by atoms with Crippen molar-refractivity contribution < 1.29 is 23.0 Å². The third-order valence-corrected chi connectivity index (χ3v) is 10.9. The Balaban J connectivity index is 1.41. The van der Waals surface area contributed by atoms with Crippen LogP contribution in [0.15, 0.2) is 51.7 Å². The van der Waals surface area contributed by atoms with E-state index in [4.69, 9.17) is 15.2 Å². The molecule has 238 valence electrons. The summed E-state index contributed by atoms with van der Waals surface area (Å²) in [6.45, 7) is 9.89. The van der Waals surface area contributed by atoms with Crippen molar-refractivity contribution in [3.8, 4) is 16.9 Å². The number of piperazine rings is 1. The number of nitrogens with zero attached hydrogens (tertiary/aromatic N) is 4. The van der Waals surface area contributed by atoms with E-state index in [0.29, 0.717) is 83.5 Å². The fraction of sp³-hybridized carbons (Fsp3) is 0.382. The summed E-state index contributed by atoms with van der Waals surface area (Å²) in [6.07, 6.45) is 7.54. The van der Waals surface area contributed by atoms with Gasteiger partial charge in [0.15, 0.2) is 5.75 Å². The molecule has 0 saturated carbocycles. The molecule has 0 bridgehead atoms. The van der Waals surface area contributed by atoms with Gasteiger partial charge in [-0.05, 0) is 43.5 Å². The second kappa shape index (κ2) is 10.4. The highest BCUT2D eigenvalue weighted by atomic mass is 32.2. The molecule has 2 aromatic carbocycles. The maximum atomic E-state index is 16.2. The molecule has 3 aromatic rings. The van der Waals surface area contributed by atoms with Crippen molar-refractivity contribution in [2.75, 3.05) is 37.8 Å². The summed E-state index contributed by atoms with van der Waals surface area (Å²) in [6, 6.07) is 2.51. The van der Waals surface area contributed by atoms with Gasteiger partial charge in [0.1, 0.15) is 24.1 Å². The first-order chi connectivity index (χ1) is 22.1. The predicted octanol–water partition coefficient (Wildman–Crippen LogP) is 4.77. The molecule has 1 spiro atoms. The SMILES string of the molecule is C=CC(=O)N1[C@H](C)CN(c2nc(=O)n3c4c(c5c(cc24)C=CC2CC=C(N)Sc4c(F)cc(F)c-5c42)OCC2(COC2)C3)C[C@@H]1C. The van der Waals surface area contributed by atoms with E-state index in [0.717, 1.165) is 17.8 Å². The molecular formula is C34H33F2N5O4S. The van der Waals surface area contributed by atoms with Gasteiger partial charge in [-0.25, -0.2) is 13.6 Å². The molecule has 5 heterocycles. The number of fused-ring (bicyclic) bond motifs is 3. The van der Waals surface area contributed by atoms with Crippen LogP contribution in [0, 0.1) is 17.0 Å². The Morgan fingerprint density at radius 3 is 2.61 bits per heavy atom. The monoisotopic (exact) mass is 645 g/mol. The molecular weight excluding hydrogens is 612 g/mol. The molecule has 1 aliphatic carbocycles. The van der Waals surface area contributed by atoms with Crippen LogP contribution < -0.4 is 21.1 Å². The highest BCUT2D eigenvalue weighted by Crippen LogP contribution is 2.53. The van der Waals surface area contributed by atoms with Gasteiger partial charge in [-0.3, -0.25) is 9.36 Å². The fourth-order valence-electron chi connectivity index (χ4n) is 7.78. The fourth-order valence-corrected chi connectivity index (χ4v) is 8.72. The van der Waals surface area contributed by atoms with Crippen LogP contribution in [0.5, 0.6) is 5.75 Å². The zero-order valence-electron chi connectivity index (χ0n) is 25.5. The van der Waals surface area contributed by atoms with Crippen LogP contribution in [0.3, 0.4) is 0 Å². The van der Waals surface area contributed by atoms with E-state index in [1.807, 2.05) is 43.0 Å². The van der Waals surface area contributed by atoms with Crippen molar-refractivity contribution in [2.24, 2.45) is 11.1 Å². The van der Waals surface area contributed by atoms with Gasteiger partial charge in [-0.2, -0.15) is 4.98 Å². The van der Waals surface area contributed by atoms with Gasteiger partial charge in [-0.15, -0.1) is 0 Å². The molecule has 46 heavy (non-hydrogen) atoms. The third kappa shape index (κ3) is 4.26. The van der Waals surface area contributed by atoms with Crippen molar-refractivity contribution in [3.05, 3.63) is 75.2 Å². The number of thioether (sulfide) groups is 1. The Morgan fingerprint density at radius 1 is 1.15 bits per heavy atom. The minimum atomic E-state index is -0.703. The molecule has 12 heteroatoms. The number of nitrogens with two attached hydrogens (primary N) is 1. The molecule has 5 aliphatic rings. The average molecular weight is 646 g/mol. The lowest BCUT2D eigenvalue weighted by atomic mass is 9.87. The van der Waals surface area contributed by atoms with Gasteiger partial charge in [0.05, 0.1) is 34.1 Å². The third-order valence-electron chi connectivity index (χ3n) is 9.85. The van der Waals surface area contributed by atoms with Crippen LogP contribution in [0.4, 0.5) is 14.6 Å². The van der Waals surface area contributed by atoms with E-state index >= 15 is 8.78 Å². The van der Waals surface area contributed by atoms with E-state index < -0.39 is 22.7 Å². The Hall–Kier alpha value is -4.16. The van der Waals surface area contributed by atoms with Gasteiger partial charge in [-0.1, -0.05) is 36.6 Å². The number of halogens is 2. The van der Waals surface area contributed by atoms with Crippen LogP contribution in [-0.2, 0) is 16.1 Å². The topological polar surface area (TPSA) is 103 Å². The number of benzene rings is 2. The zero-order chi connectivity index (χ0) is 32.1. The molecule has 2 fully saturated rings. The van der Waals surface area contributed by atoms with Crippen molar-refractivity contribution in [1.29, 1.82) is 0 Å². The van der Waals surface area contributed by atoms with Crippen LogP contribution in [-0.4, -0.2) is 65.4 Å². The summed E-state index contributed by atoms with van der Waals surface area (Å²) in [5.74, 6) is -0.998. The minimum absolute atomic E-state index is 0.146. The molecule has 2 saturated heterocycles. The summed E-state index contributed by atoms with van der Waals surface area (Å²) < 4.78 is 45.5. The van der Waals surface area contributed by atoms with Gasteiger partial charge >= 0.3 is 5.69 Å². The number of aromatic nitrogens is 2. The Bertz CT molecular complexity index is 1970. The summed E-state index contributed by atoms with van der Waals surface area (Å²) >= 11 is 1.10. The second-order valence-electron chi connectivity index (χ2n) is 13.1. The molecule has 1 aromatic heterocycles. The highest BCUT2D eigenvalue weighted by Gasteiger charge is 2.44. The lowest BCUT2D eigenvalue weighted by Gasteiger charge is -2.44. The zero-order valence-corrected chi connectivity index (χ0v) is 26.3. The summed E-state index contributed by atoms with van der Waals surface area (Å²) in [7, 11) is 0. The first-order valence-corrected chi connectivity index (χ1v) is 16.3. The number of allylic oxidation sites excluding steroid dienone is 2. The minimum Gasteiger partial charge on any atom is -0.490 e. The highest BCUT2D eigenvalue weighted by molar-refractivity contribution is 8.03. The van der Waals surface area contributed by atoms with E-state index in [1.165, 1.54) is 6.08 Å². The maximum Gasteiger partial charge on any atom is 0.350 e. The van der Waals surface area contributed by atoms with Gasteiger partial charge < -0.3 is 25.0 Å². The molecule has 4 aliphatic heterocycles. The summed E-state index contributed by atoms with van der Waals surface area (Å²) in [5, 5.41) is 1.14.